The molecule has 5 heteroatoms. The first-order valence-electron chi connectivity index (χ1n) is 9.95. The van der Waals surface area contributed by atoms with E-state index in [2.05, 4.69) is 6.92 Å². The predicted molar refractivity (Wildman–Crippen MR) is 120 cm³/mol. The number of carbonyl (C=O) groups excluding carboxylic acids is 1. The molecule has 0 saturated heterocycles. The molecule has 0 saturated carbocycles. The number of nitrogens with zero attached hydrogens (tertiary/aromatic N) is 1. The molecule has 0 unspecified atom stereocenters. The zero-order valence-corrected chi connectivity index (χ0v) is 17.6. The number of carbonyl (C=O) groups is 2. The van der Waals surface area contributed by atoms with Gasteiger partial charge in [-0.15, -0.1) is 0 Å². The second-order valence-corrected chi connectivity index (χ2v) is 7.60. The first-order chi connectivity index (χ1) is 14.5. The van der Waals surface area contributed by atoms with Gasteiger partial charge in [0, 0.05) is 23.7 Å². The normalized spacial score (nSPS) is 10.6. The molecule has 1 amide bonds. The average molecular weight is 422 g/mol. The van der Waals surface area contributed by atoms with Crippen LogP contribution in [0.15, 0.2) is 72.8 Å². The standard InChI is InChI=1S/C25H24ClNO3/c1-2-3-16-27(24(28)21-12-14-23(26)15-13-21)17-18-4-6-19(7-5-18)20-8-10-22(11-9-20)25(29)30/h4-15H,2-3,16-17H2,1H3,(H,29,30). The summed E-state index contributed by atoms with van der Waals surface area (Å²) in [5.41, 5.74) is 3.89. The third-order valence-electron chi connectivity index (χ3n) is 4.95. The van der Waals surface area contributed by atoms with Crippen molar-refractivity contribution < 1.29 is 14.7 Å². The summed E-state index contributed by atoms with van der Waals surface area (Å²) in [4.78, 5) is 25.8. The van der Waals surface area contributed by atoms with Crippen LogP contribution in [-0.4, -0.2) is 28.4 Å². The minimum atomic E-state index is -0.936. The fourth-order valence-corrected chi connectivity index (χ4v) is 3.33. The second-order valence-electron chi connectivity index (χ2n) is 7.17. The van der Waals surface area contributed by atoms with Crippen molar-refractivity contribution in [2.24, 2.45) is 0 Å². The molecule has 3 aromatic rings. The van der Waals surface area contributed by atoms with Gasteiger partial charge in [0.25, 0.3) is 5.91 Å². The molecule has 30 heavy (non-hydrogen) atoms. The number of hydrogen-bond donors (Lipinski definition) is 1. The zero-order valence-electron chi connectivity index (χ0n) is 16.8. The minimum absolute atomic E-state index is 0.00606. The topological polar surface area (TPSA) is 57.6 Å². The predicted octanol–water partition coefficient (Wildman–Crippen LogP) is 6.15. The summed E-state index contributed by atoms with van der Waals surface area (Å²) in [5.74, 6) is -0.942. The molecule has 0 aliphatic carbocycles. The van der Waals surface area contributed by atoms with Gasteiger partial charge in [0.05, 0.1) is 5.56 Å². The molecule has 0 heterocycles. The lowest BCUT2D eigenvalue weighted by atomic mass is 10.0. The van der Waals surface area contributed by atoms with E-state index in [1.54, 1.807) is 48.5 Å². The van der Waals surface area contributed by atoms with Gasteiger partial charge in [-0.05, 0) is 59.5 Å². The maximum atomic E-state index is 13.0. The second kappa shape index (κ2) is 10.1. The number of rotatable bonds is 8. The van der Waals surface area contributed by atoms with Crippen molar-refractivity contribution >= 4 is 23.5 Å². The van der Waals surface area contributed by atoms with Crippen molar-refractivity contribution in [2.45, 2.75) is 26.3 Å². The van der Waals surface area contributed by atoms with Crippen LogP contribution in [0.1, 0.15) is 46.0 Å². The van der Waals surface area contributed by atoms with Gasteiger partial charge in [0.1, 0.15) is 0 Å². The number of carboxylic acid groups (broad SMARTS) is 1. The van der Waals surface area contributed by atoms with E-state index < -0.39 is 5.97 Å². The van der Waals surface area contributed by atoms with E-state index >= 15 is 0 Å². The molecule has 0 aromatic heterocycles. The Kier molecular flexibility index (Phi) is 7.26. The van der Waals surface area contributed by atoms with Crippen molar-refractivity contribution in [1.29, 1.82) is 0 Å². The molecule has 3 rings (SSSR count). The van der Waals surface area contributed by atoms with Crippen molar-refractivity contribution in [3.8, 4) is 11.1 Å². The third-order valence-corrected chi connectivity index (χ3v) is 5.20. The van der Waals surface area contributed by atoms with Gasteiger partial charge in [-0.25, -0.2) is 4.79 Å². The largest absolute Gasteiger partial charge is 0.478 e. The van der Waals surface area contributed by atoms with E-state index in [0.29, 0.717) is 23.7 Å². The first kappa shape index (κ1) is 21.6. The molecule has 1 N–H and O–H groups in total. The Morgan fingerprint density at radius 1 is 0.833 bits per heavy atom. The average Bonchev–Trinajstić information content (AvgIpc) is 2.77. The number of hydrogen-bond acceptors (Lipinski definition) is 2. The fraction of sp³-hybridized carbons (Fsp3) is 0.200. The summed E-state index contributed by atoms with van der Waals surface area (Å²) in [6.07, 6.45) is 1.95. The van der Waals surface area contributed by atoms with Crippen molar-refractivity contribution in [3.63, 3.8) is 0 Å². The molecule has 0 spiro atoms. The number of carboxylic acids is 1. The van der Waals surface area contributed by atoms with Crippen LogP contribution in [0, 0.1) is 0 Å². The summed E-state index contributed by atoms with van der Waals surface area (Å²) < 4.78 is 0. The molecular weight excluding hydrogens is 398 g/mol. The molecule has 4 nitrogen and oxygen atoms in total. The van der Waals surface area contributed by atoms with Crippen LogP contribution in [0.25, 0.3) is 11.1 Å². The Balaban J connectivity index is 1.75. The Labute approximate surface area is 181 Å². The smallest absolute Gasteiger partial charge is 0.335 e. The summed E-state index contributed by atoms with van der Waals surface area (Å²) in [5, 5.41) is 9.64. The van der Waals surface area contributed by atoms with E-state index in [-0.39, 0.29) is 11.5 Å². The van der Waals surface area contributed by atoms with Gasteiger partial charge in [0.15, 0.2) is 0 Å². The lowest BCUT2D eigenvalue weighted by Crippen LogP contribution is -2.31. The Morgan fingerprint density at radius 3 is 1.90 bits per heavy atom. The molecular formula is C25H24ClNO3. The van der Waals surface area contributed by atoms with Gasteiger partial charge in [0.2, 0.25) is 0 Å². The van der Waals surface area contributed by atoms with Crippen LogP contribution >= 0.6 is 11.6 Å². The highest BCUT2D eigenvalue weighted by Gasteiger charge is 2.16. The van der Waals surface area contributed by atoms with E-state index in [0.717, 1.165) is 29.5 Å². The highest BCUT2D eigenvalue weighted by atomic mass is 35.5. The fourth-order valence-electron chi connectivity index (χ4n) is 3.20. The molecule has 0 bridgehead atoms. The summed E-state index contributed by atoms with van der Waals surface area (Å²) in [6, 6.07) is 21.8. The molecule has 0 atom stereocenters. The molecule has 0 radical (unpaired) electrons. The SMILES string of the molecule is CCCCN(Cc1ccc(-c2ccc(C(=O)O)cc2)cc1)C(=O)c1ccc(Cl)cc1. The number of aromatic carboxylic acids is 1. The van der Waals surface area contributed by atoms with Crippen LogP contribution < -0.4 is 0 Å². The summed E-state index contributed by atoms with van der Waals surface area (Å²) in [7, 11) is 0. The Bertz CT molecular complexity index is 996. The van der Waals surface area contributed by atoms with Crippen LogP contribution in [-0.2, 0) is 6.54 Å². The lowest BCUT2D eigenvalue weighted by Gasteiger charge is -2.23. The van der Waals surface area contributed by atoms with Crippen LogP contribution in [0.5, 0.6) is 0 Å². The van der Waals surface area contributed by atoms with E-state index in [1.807, 2.05) is 29.2 Å². The number of halogens is 1. The maximum Gasteiger partial charge on any atom is 0.335 e. The summed E-state index contributed by atoms with van der Waals surface area (Å²) >= 11 is 5.94. The summed E-state index contributed by atoms with van der Waals surface area (Å²) in [6.45, 7) is 3.32. The number of amides is 1. The van der Waals surface area contributed by atoms with E-state index in [1.165, 1.54) is 0 Å². The first-order valence-corrected chi connectivity index (χ1v) is 10.3. The quantitative estimate of drug-likeness (QED) is 0.474. The molecule has 0 aliphatic rings. The monoisotopic (exact) mass is 421 g/mol. The van der Waals surface area contributed by atoms with Gasteiger partial charge < -0.3 is 10.0 Å². The van der Waals surface area contributed by atoms with Crippen LogP contribution in [0.3, 0.4) is 0 Å². The van der Waals surface area contributed by atoms with Gasteiger partial charge in [-0.3, -0.25) is 4.79 Å². The van der Waals surface area contributed by atoms with E-state index in [4.69, 9.17) is 16.7 Å². The Morgan fingerprint density at radius 2 is 1.37 bits per heavy atom. The van der Waals surface area contributed by atoms with Gasteiger partial charge in [-0.1, -0.05) is 61.3 Å². The molecule has 154 valence electrons. The van der Waals surface area contributed by atoms with Crippen LogP contribution in [0.4, 0.5) is 0 Å². The van der Waals surface area contributed by atoms with Gasteiger partial charge in [-0.2, -0.15) is 0 Å². The van der Waals surface area contributed by atoms with Crippen molar-refractivity contribution in [3.05, 3.63) is 94.5 Å². The van der Waals surface area contributed by atoms with Gasteiger partial charge >= 0.3 is 5.97 Å². The van der Waals surface area contributed by atoms with Crippen molar-refractivity contribution in [1.82, 2.24) is 4.90 Å². The molecule has 3 aromatic carbocycles. The highest BCUT2D eigenvalue weighted by Crippen LogP contribution is 2.22. The maximum absolute atomic E-state index is 13.0. The molecule has 0 fully saturated rings. The number of benzene rings is 3. The molecule has 0 aliphatic heterocycles. The van der Waals surface area contributed by atoms with Crippen molar-refractivity contribution in [2.75, 3.05) is 6.54 Å². The highest BCUT2D eigenvalue weighted by molar-refractivity contribution is 6.30. The lowest BCUT2D eigenvalue weighted by molar-refractivity contribution is 0.0695. The zero-order chi connectivity index (χ0) is 21.5. The van der Waals surface area contributed by atoms with Crippen LogP contribution in [0.2, 0.25) is 5.02 Å². The Hall–Kier alpha value is -3.11. The number of unbranched alkanes of at least 4 members (excludes halogenated alkanes) is 1. The third kappa shape index (κ3) is 5.49. The minimum Gasteiger partial charge on any atom is -0.478 e. The van der Waals surface area contributed by atoms with E-state index in [9.17, 15) is 9.59 Å².